The monoisotopic (exact) mass is 341 g/mol. The van der Waals surface area contributed by atoms with Crippen LogP contribution in [0.15, 0.2) is 23.1 Å². The first kappa shape index (κ1) is 17.1. The number of hydrogen-bond donors (Lipinski definition) is 0. The quantitative estimate of drug-likeness (QED) is 0.743. The molecule has 3 nitrogen and oxygen atoms in total. The number of alkyl halides is 1. The van der Waals surface area contributed by atoms with Gasteiger partial charge >= 0.3 is 0 Å². The maximum Gasteiger partial charge on any atom is 0.243 e. The number of halogens is 2. The summed E-state index contributed by atoms with van der Waals surface area (Å²) >= 11 is 13.3. The summed E-state index contributed by atoms with van der Waals surface area (Å²) in [5, 5.41) is 0.377. The summed E-state index contributed by atoms with van der Waals surface area (Å²) in [4.78, 5) is 0.196. The van der Waals surface area contributed by atoms with Crippen LogP contribution in [0.5, 0.6) is 0 Å². The SMILES string of the molecule is CSCC(C)N(C)S(=O)(=O)c1ccc(CCl)c(Cl)c1. The highest BCUT2D eigenvalue weighted by atomic mass is 35.5. The van der Waals surface area contributed by atoms with E-state index < -0.39 is 10.0 Å². The minimum absolute atomic E-state index is 0.0773. The van der Waals surface area contributed by atoms with E-state index in [1.807, 2.05) is 13.2 Å². The molecule has 0 aliphatic rings. The van der Waals surface area contributed by atoms with Crippen LogP contribution in [0, 0.1) is 0 Å². The average Bonchev–Trinajstić information content (AvgIpc) is 2.37. The Balaban J connectivity index is 3.10. The number of hydrogen-bond acceptors (Lipinski definition) is 3. The highest BCUT2D eigenvalue weighted by Gasteiger charge is 2.25. The highest BCUT2D eigenvalue weighted by Crippen LogP contribution is 2.25. The van der Waals surface area contributed by atoms with Crippen molar-refractivity contribution in [3.63, 3.8) is 0 Å². The lowest BCUT2D eigenvalue weighted by Crippen LogP contribution is -2.36. The molecule has 0 saturated heterocycles. The number of rotatable bonds is 6. The van der Waals surface area contributed by atoms with Gasteiger partial charge in [-0.05, 0) is 30.9 Å². The number of sulfonamides is 1. The predicted molar refractivity (Wildman–Crippen MR) is 83.8 cm³/mol. The smallest absolute Gasteiger partial charge is 0.207 e. The second kappa shape index (κ2) is 7.18. The third kappa shape index (κ3) is 4.02. The van der Waals surface area contributed by atoms with Gasteiger partial charge in [-0.15, -0.1) is 11.6 Å². The van der Waals surface area contributed by atoms with E-state index in [1.54, 1.807) is 30.9 Å². The normalized spacial score (nSPS) is 13.8. The molecule has 0 bridgehead atoms. The lowest BCUT2D eigenvalue weighted by Gasteiger charge is -2.23. The van der Waals surface area contributed by atoms with Gasteiger partial charge in [-0.2, -0.15) is 16.1 Å². The van der Waals surface area contributed by atoms with Crippen LogP contribution in [-0.4, -0.2) is 37.8 Å². The fourth-order valence-corrected chi connectivity index (χ4v) is 4.35. The summed E-state index contributed by atoms with van der Waals surface area (Å²) in [5.74, 6) is 1.00. The van der Waals surface area contributed by atoms with Crippen LogP contribution < -0.4 is 0 Å². The molecule has 0 fully saturated rings. The van der Waals surface area contributed by atoms with Crippen molar-refractivity contribution in [3.05, 3.63) is 28.8 Å². The van der Waals surface area contributed by atoms with Crippen LogP contribution in [0.3, 0.4) is 0 Å². The Morgan fingerprint density at radius 2 is 2.05 bits per heavy atom. The lowest BCUT2D eigenvalue weighted by atomic mass is 10.2. The molecule has 1 rings (SSSR count). The molecule has 0 heterocycles. The van der Waals surface area contributed by atoms with Gasteiger partial charge in [0.1, 0.15) is 0 Å². The third-order valence-corrected chi connectivity index (χ3v) is 6.30. The number of thioether (sulfide) groups is 1. The van der Waals surface area contributed by atoms with Gasteiger partial charge < -0.3 is 0 Å². The average molecular weight is 342 g/mol. The fourth-order valence-electron chi connectivity index (χ4n) is 1.55. The van der Waals surface area contributed by atoms with E-state index in [0.29, 0.717) is 5.02 Å². The van der Waals surface area contributed by atoms with Crippen LogP contribution in [0.25, 0.3) is 0 Å². The van der Waals surface area contributed by atoms with Crippen molar-refractivity contribution in [1.29, 1.82) is 0 Å². The second-order valence-electron chi connectivity index (χ2n) is 4.21. The fraction of sp³-hybridized carbons (Fsp3) is 0.500. The molecule has 0 saturated carbocycles. The summed E-state index contributed by atoms with van der Waals surface area (Å²) in [7, 11) is -1.93. The molecule has 1 aromatic carbocycles. The largest absolute Gasteiger partial charge is 0.243 e. The van der Waals surface area contributed by atoms with E-state index >= 15 is 0 Å². The molecule has 0 radical (unpaired) electrons. The summed E-state index contributed by atoms with van der Waals surface area (Å²) in [6, 6.07) is 4.57. The summed E-state index contributed by atoms with van der Waals surface area (Å²) in [6.07, 6.45) is 1.95. The summed E-state index contributed by atoms with van der Waals surface area (Å²) in [5.41, 5.74) is 0.724. The molecule has 7 heteroatoms. The first-order valence-corrected chi connectivity index (χ1v) is 9.40. The van der Waals surface area contributed by atoms with Gasteiger partial charge in [-0.1, -0.05) is 17.7 Å². The van der Waals surface area contributed by atoms with E-state index in [2.05, 4.69) is 0 Å². The van der Waals surface area contributed by atoms with Crippen molar-refractivity contribution >= 4 is 45.0 Å². The maximum atomic E-state index is 12.4. The van der Waals surface area contributed by atoms with Gasteiger partial charge in [0, 0.05) is 29.7 Å². The van der Waals surface area contributed by atoms with Crippen molar-refractivity contribution < 1.29 is 8.42 Å². The zero-order valence-electron chi connectivity index (χ0n) is 11.1. The Morgan fingerprint density at radius 1 is 1.42 bits per heavy atom. The minimum Gasteiger partial charge on any atom is -0.207 e. The Hall–Kier alpha value is 0.0600. The third-order valence-electron chi connectivity index (χ3n) is 2.87. The van der Waals surface area contributed by atoms with E-state index in [9.17, 15) is 8.42 Å². The Bertz CT molecular complexity index is 535. The van der Waals surface area contributed by atoms with Gasteiger partial charge in [0.15, 0.2) is 0 Å². The maximum absolute atomic E-state index is 12.4. The zero-order chi connectivity index (χ0) is 14.6. The molecule has 0 aromatic heterocycles. The van der Waals surface area contributed by atoms with E-state index in [0.717, 1.165) is 11.3 Å². The molecule has 0 aliphatic heterocycles. The molecule has 108 valence electrons. The molecular formula is C12H17Cl2NO2S2. The highest BCUT2D eigenvalue weighted by molar-refractivity contribution is 7.98. The van der Waals surface area contributed by atoms with E-state index in [-0.39, 0.29) is 16.8 Å². The first-order valence-electron chi connectivity index (χ1n) is 5.66. The Kier molecular flexibility index (Phi) is 6.47. The molecular weight excluding hydrogens is 325 g/mol. The topological polar surface area (TPSA) is 37.4 Å². The van der Waals surface area contributed by atoms with Crippen molar-refractivity contribution in [2.24, 2.45) is 0 Å². The standard InChI is InChI=1S/C12H17Cl2NO2S2/c1-9(8-18-3)15(2)19(16,17)11-5-4-10(7-13)12(14)6-11/h4-6,9H,7-8H2,1-3H3. The van der Waals surface area contributed by atoms with Crippen LogP contribution in [-0.2, 0) is 15.9 Å². The van der Waals surface area contributed by atoms with Gasteiger partial charge in [-0.3, -0.25) is 0 Å². The number of benzene rings is 1. The predicted octanol–water partition coefficient (Wildman–Crippen LogP) is 3.45. The second-order valence-corrected chi connectivity index (χ2v) is 7.80. The summed E-state index contributed by atoms with van der Waals surface area (Å²) < 4.78 is 26.2. The molecule has 19 heavy (non-hydrogen) atoms. The Labute approximate surface area is 129 Å². The lowest BCUT2D eigenvalue weighted by molar-refractivity contribution is 0.415. The van der Waals surface area contributed by atoms with Crippen LogP contribution in [0.2, 0.25) is 5.02 Å². The van der Waals surface area contributed by atoms with Crippen LogP contribution in [0.4, 0.5) is 0 Å². The van der Waals surface area contributed by atoms with Crippen LogP contribution >= 0.6 is 35.0 Å². The molecule has 0 amide bonds. The Morgan fingerprint density at radius 3 is 2.53 bits per heavy atom. The van der Waals surface area contributed by atoms with E-state index in [4.69, 9.17) is 23.2 Å². The van der Waals surface area contributed by atoms with Gasteiger partial charge in [0.05, 0.1) is 4.90 Å². The molecule has 1 unspecified atom stereocenters. The molecule has 0 N–H and O–H groups in total. The molecule has 0 aliphatic carbocycles. The van der Waals surface area contributed by atoms with Gasteiger partial charge in [0.25, 0.3) is 0 Å². The summed E-state index contributed by atoms with van der Waals surface area (Å²) in [6.45, 7) is 1.88. The minimum atomic E-state index is -3.52. The van der Waals surface area contributed by atoms with Crippen molar-refractivity contribution in [2.45, 2.75) is 23.7 Å². The van der Waals surface area contributed by atoms with Crippen molar-refractivity contribution in [3.8, 4) is 0 Å². The van der Waals surface area contributed by atoms with Gasteiger partial charge in [0.2, 0.25) is 10.0 Å². The van der Waals surface area contributed by atoms with Crippen molar-refractivity contribution in [2.75, 3.05) is 19.1 Å². The van der Waals surface area contributed by atoms with Crippen molar-refractivity contribution in [1.82, 2.24) is 4.31 Å². The number of nitrogens with zero attached hydrogens (tertiary/aromatic N) is 1. The molecule has 1 atom stereocenters. The van der Waals surface area contributed by atoms with E-state index in [1.165, 1.54) is 10.4 Å². The first-order chi connectivity index (χ1) is 8.84. The van der Waals surface area contributed by atoms with Gasteiger partial charge in [-0.25, -0.2) is 8.42 Å². The molecule has 0 spiro atoms. The molecule has 1 aromatic rings. The van der Waals surface area contributed by atoms with Crippen LogP contribution in [0.1, 0.15) is 12.5 Å². The zero-order valence-corrected chi connectivity index (χ0v) is 14.2.